The van der Waals surface area contributed by atoms with Gasteiger partial charge in [-0.1, -0.05) is 6.07 Å². The molecule has 0 radical (unpaired) electrons. The highest BCUT2D eigenvalue weighted by molar-refractivity contribution is 6.01. The van der Waals surface area contributed by atoms with Crippen molar-refractivity contribution in [1.82, 2.24) is 30.5 Å². The van der Waals surface area contributed by atoms with Crippen LogP contribution in [0.3, 0.4) is 0 Å². The lowest BCUT2D eigenvalue weighted by Gasteiger charge is -2.41. The van der Waals surface area contributed by atoms with Gasteiger partial charge >= 0.3 is 6.09 Å². The van der Waals surface area contributed by atoms with Crippen molar-refractivity contribution in [2.75, 3.05) is 41.8 Å². The Morgan fingerprint density at radius 3 is 2.34 bits per heavy atom. The van der Waals surface area contributed by atoms with Crippen molar-refractivity contribution >= 4 is 41.3 Å². The van der Waals surface area contributed by atoms with E-state index >= 15 is 4.39 Å². The number of nitrogens with one attached hydrogen (secondary N) is 4. The van der Waals surface area contributed by atoms with Crippen LogP contribution >= 0.6 is 0 Å². The van der Waals surface area contributed by atoms with Crippen molar-refractivity contribution in [2.45, 2.75) is 114 Å². The Labute approximate surface area is 336 Å². The van der Waals surface area contributed by atoms with E-state index in [0.29, 0.717) is 60.6 Å². The third-order valence-corrected chi connectivity index (χ3v) is 12.6. The molecular formula is C42H51F2N9O5. The summed E-state index contributed by atoms with van der Waals surface area (Å²) in [4.78, 5) is 66.0. The zero-order chi connectivity index (χ0) is 40.2. The number of carbonyl (C=O) groups excluding carboxylic acids is 4. The van der Waals surface area contributed by atoms with Crippen molar-refractivity contribution in [3.63, 3.8) is 0 Å². The maximum absolute atomic E-state index is 15.3. The normalized spacial score (nSPS) is 26.1. The maximum Gasteiger partial charge on any atom is 0.415 e. The topological polar surface area (TPSA) is 171 Å². The number of anilines is 3. The van der Waals surface area contributed by atoms with Crippen LogP contribution < -0.4 is 26.2 Å². The number of aromatic nitrogens is 3. The van der Waals surface area contributed by atoms with Crippen LogP contribution in [0.4, 0.5) is 31.0 Å². The quantitative estimate of drug-likeness (QED) is 0.187. The minimum atomic E-state index is -0.582. The number of cyclic esters (lactones) is 1. The van der Waals surface area contributed by atoms with Gasteiger partial charge < -0.3 is 25.6 Å². The Balaban J connectivity index is 0.754. The van der Waals surface area contributed by atoms with E-state index in [4.69, 9.17) is 4.74 Å². The number of piperidine rings is 2. The van der Waals surface area contributed by atoms with Crippen LogP contribution in [-0.2, 0) is 19.1 Å². The first-order valence-corrected chi connectivity index (χ1v) is 20.8. The van der Waals surface area contributed by atoms with Crippen molar-refractivity contribution in [2.24, 2.45) is 5.92 Å². The second kappa shape index (κ2) is 17.7. The van der Waals surface area contributed by atoms with Gasteiger partial charge in [0.05, 0.1) is 12.8 Å². The average molecular weight is 800 g/mol. The zero-order valence-corrected chi connectivity index (χ0v) is 32.6. The molecular weight excluding hydrogens is 749 g/mol. The molecule has 16 heteroatoms. The van der Waals surface area contributed by atoms with Crippen molar-refractivity contribution in [3.8, 4) is 11.3 Å². The summed E-state index contributed by atoms with van der Waals surface area (Å²) >= 11 is 0. The minimum absolute atomic E-state index is 0.0518. The molecule has 5 fully saturated rings. The summed E-state index contributed by atoms with van der Waals surface area (Å²) in [5.41, 5.74) is 1.83. The molecule has 5 heterocycles. The molecule has 2 aliphatic carbocycles. The number of halogens is 2. The minimum Gasteiger partial charge on any atom is -0.449 e. The molecule has 308 valence electrons. The fourth-order valence-electron chi connectivity index (χ4n) is 9.25. The first-order valence-electron chi connectivity index (χ1n) is 20.8. The molecule has 58 heavy (non-hydrogen) atoms. The van der Waals surface area contributed by atoms with Crippen LogP contribution in [-0.4, -0.2) is 94.1 Å². The Morgan fingerprint density at radius 1 is 0.828 bits per heavy atom. The summed E-state index contributed by atoms with van der Waals surface area (Å²) in [6.07, 6.45) is 12.2. The molecule has 3 aromatic rings. The van der Waals surface area contributed by atoms with Crippen LogP contribution in [0, 0.1) is 17.6 Å². The van der Waals surface area contributed by atoms with E-state index in [2.05, 4.69) is 41.1 Å². The summed E-state index contributed by atoms with van der Waals surface area (Å²) in [7, 11) is 0. The fraction of sp³-hybridized carbons (Fsp3) is 0.548. The molecule has 0 spiro atoms. The van der Waals surface area contributed by atoms with Gasteiger partial charge in [0.15, 0.2) is 5.82 Å². The van der Waals surface area contributed by atoms with Crippen molar-refractivity contribution in [3.05, 3.63) is 59.9 Å². The summed E-state index contributed by atoms with van der Waals surface area (Å²) in [6, 6.07) is 8.51. The third-order valence-electron chi connectivity index (χ3n) is 12.6. The van der Waals surface area contributed by atoms with Gasteiger partial charge in [-0.3, -0.25) is 24.6 Å². The molecule has 8 rings (SSSR count). The highest BCUT2D eigenvalue weighted by Crippen LogP contribution is 2.35. The number of hydrogen-bond acceptors (Lipinski definition) is 11. The van der Waals surface area contributed by atoms with Gasteiger partial charge in [-0.2, -0.15) is 0 Å². The summed E-state index contributed by atoms with van der Waals surface area (Å²) < 4.78 is 35.3. The molecule has 14 nitrogen and oxygen atoms in total. The predicted molar refractivity (Wildman–Crippen MR) is 212 cm³/mol. The van der Waals surface area contributed by atoms with Crippen LogP contribution in [0.1, 0.15) is 95.0 Å². The van der Waals surface area contributed by atoms with Crippen LogP contribution in [0.15, 0.2) is 42.7 Å². The van der Waals surface area contributed by atoms with Crippen LogP contribution in [0.25, 0.3) is 11.3 Å². The van der Waals surface area contributed by atoms with Crippen molar-refractivity contribution < 1.29 is 32.7 Å². The van der Waals surface area contributed by atoms with E-state index in [1.807, 2.05) is 12.1 Å². The number of carbonyl (C=O) groups is 4. The fourth-order valence-corrected chi connectivity index (χ4v) is 9.25. The first kappa shape index (κ1) is 39.6. The third kappa shape index (κ3) is 9.22. The Hall–Kier alpha value is -5.25. The average Bonchev–Trinajstić information content (AvgIpc) is 3.23. The number of ether oxygens (including phenoxy) is 1. The number of pyridine rings is 1. The lowest BCUT2D eigenvalue weighted by atomic mass is 9.83. The van der Waals surface area contributed by atoms with Crippen molar-refractivity contribution in [1.29, 1.82) is 0 Å². The molecule has 3 saturated heterocycles. The van der Waals surface area contributed by atoms with Crippen LogP contribution in [0.5, 0.6) is 0 Å². The Kier molecular flexibility index (Phi) is 12.1. The molecule has 1 aromatic carbocycles. The largest absolute Gasteiger partial charge is 0.449 e. The van der Waals surface area contributed by atoms with Gasteiger partial charge in [0.2, 0.25) is 23.7 Å². The standard InChI is InChI=1S/C42H51F2N9O5/c43-33-23-30(47-35-12-13-37(54)50-40(35)56)8-11-32(33)25-15-19-52(20-16-25)31-9-6-28(7-10-31)48-39(55)26-2-4-29(5-3-26)49-41-46-24-34(44)38(51-41)27-14-17-45-36(22-27)53-18-1-21-58-42(53)57/h8,11,14,17,22-26,28-29,31,35,47H,1-7,9-10,12-13,15-16,18-21H2,(H,48,55)(H,46,49,51)(H,50,54,56). The van der Waals surface area contributed by atoms with E-state index in [1.165, 1.54) is 17.2 Å². The lowest BCUT2D eigenvalue weighted by Crippen LogP contribution is -2.47. The van der Waals surface area contributed by atoms with Gasteiger partial charge in [0, 0.05) is 54.5 Å². The number of hydrogen-bond donors (Lipinski definition) is 4. The van der Waals surface area contributed by atoms with E-state index in [9.17, 15) is 23.6 Å². The highest BCUT2D eigenvalue weighted by atomic mass is 19.1. The number of nitrogens with zero attached hydrogens (tertiary/aromatic N) is 5. The Morgan fingerprint density at radius 2 is 1.60 bits per heavy atom. The second-order valence-electron chi connectivity index (χ2n) is 16.3. The summed E-state index contributed by atoms with van der Waals surface area (Å²) in [5, 5.41) is 12.1. The molecule has 3 aliphatic heterocycles. The second-order valence-corrected chi connectivity index (χ2v) is 16.3. The zero-order valence-electron chi connectivity index (χ0n) is 32.6. The molecule has 4 N–H and O–H groups in total. The Bertz CT molecular complexity index is 2000. The molecule has 1 unspecified atom stereocenters. The predicted octanol–water partition coefficient (Wildman–Crippen LogP) is 5.66. The SMILES string of the molecule is O=C1CCC(Nc2ccc(C3CCN(C4CCC(NC(=O)C5CCC(Nc6ncc(F)c(-c7ccnc(N8CCCOC8=O)c7)n6)CC5)CC4)CC3)c(F)c2)C(=O)N1. The van der Waals surface area contributed by atoms with Gasteiger partial charge in [-0.25, -0.2) is 28.5 Å². The molecule has 5 aliphatic rings. The van der Waals surface area contributed by atoms with Crippen LogP contribution in [0.2, 0.25) is 0 Å². The number of likely N-dealkylation sites (tertiary alicyclic amines) is 1. The van der Waals surface area contributed by atoms with Gasteiger partial charge in [-0.05, 0) is 126 Å². The molecule has 1 atom stereocenters. The van der Waals surface area contributed by atoms with E-state index in [0.717, 1.165) is 83.5 Å². The number of rotatable bonds is 10. The smallest absolute Gasteiger partial charge is 0.415 e. The number of amides is 4. The van der Waals surface area contributed by atoms with Gasteiger partial charge in [0.25, 0.3) is 0 Å². The first-order chi connectivity index (χ1) is 28.2. The van der Waals surface area contributed by atoms with Gasteiger partial charge in [0.1, 0.15) is 23.4 Å². The lowest BCUT2D eigenvalue weighted by molar-refractivity contribution is -0.133. The number of benzene rings is 1. The highest BCUT2D eigenvalue weighted by Gasteiger charge is 2.33. The maximum atomic E-state index is 15.3. The summed E-state index contributed by atoms with van der Waals surface area (Å²) in [5.74, 6) is -0.628. The molecule has 2 saturated carbocycles. The van der Waals surface area contributed by atoms with Gasteiger partial charge in [-0.15, -0.1) is 0 Å². The number of imide groups is 1. The van der Waals surface area contributed by atoms with E-state index < -0.39 is 18.0 Å². The van der Waals surface area contributed by atoms with E-state index in [-0.39, 0.29) is 59.6 Å². The molecule has 2 aromatic heterocycles. The summed E-state index contributed by atoms with van der Waals surface area (Å²) in [6.45, 7) is 2.65. The molecule has 4 amide bonds. The molecule has 0 bridgehead atoms. The monoisotopic (exact) mass is 799 g/mol. The van der Waals surface area contributed by atoms with E-state index in [1.54, 1.807) is 12.1 Å².